The van der Waals surface area contributed by atoms with Gasteiger partial charge in [-0.25, -0.2) is 9.79 Å². The molecule has 1 atom stereocenters. The number of aromatic nitrogens is 1. The molecule has 0 unspecified atom stereocenters. The summed E-state index contributed by atoms with van der Waals surface area (Å²) in [5.74, 6) is 0.100. The molecule has 5 rings (SSSR count). The number of nitriles is 1. The first-order chi connectivity index (χ1) is 21.1. The number of ether oxygens (including phenoxy) is 2. The lowest BCUT2D eigenvalue weighted by molar-refractivity contribution is -0.139. The molecule has 3 aromatic carbocycles. The number of rotatable bonds is 8. The summed E-state index contributed by atoms with van der Waals surface area (Å²) in [6.07, 6.45) is 1.69. The highest BCUT2D eigenvalue weighted by Crippen LogP contribution is 2.35. The van der Waals surface area contributed by atoms with E-state index in [4.69, 9.17) is 32.7 Å². The normalized spacial score (nSPS) is 14.7. The highest BCUT2D eigenvalue weighted by Gasteiger charge is 2.33. The molecule has 0 saturated heterocycles. The zero-order chi connectivity index (χ0) is 31.5. The Morgan fingerprint density at radius 2 is 1.82 bits per heavy atom. The number of esters is 1. The van der Waals surface area contributed by atoms with Crippen molar-refractivity contribution in [3.63, 3.8) is 0 Å². The minimum Gasteiger partial charge on any atom is -0.486 e. The summed E-state index contributed by atoms with van der Waals surface area (Å²) in [6, 6.07) is 19.8. The number of fused-ring (bicyclic) bond motifs is 1. The van der Waals surface area contributed by atoms with E-state index >= 15 is 0 Å². The number of carbonyl (C=O) groups excluding carboxylic acids is 1. The Balaban J connectivity index is 1.55. The highest BCUT2D eigenvalue weighted by molar-refractivity contribution is 7.07. The Kier molecular flexibility index (Phi) is 9.40. The van der Waals surface area contributed by atoms with E-state index in [1.165, 1.54) is 11.3 Å². The number of hydrogen-bond acceptors (Lipinski definition) is 7. The van der Waals surface area contributed by atoms with E-state index in [1.807, 2.05) is 30.3 Å². The van der Waals surface area contributed by atoms with Crippen LogP contribution in [0.5, 0.6) is 5.75 Å². The number of carbonyl (C=O) groups is 1. The smallest absolute Gasteiger partial charge is 0.338 e. The fourth-order valence-corrected chi connectivity index (χ4v) is 6.69. The van der Waals surface area contributed by atoms with Gasteiger partial charge in [0.15, 0.2) is 10.6 Å². The maximum atomic E-state index is 14.0. The Hall–Kier alpha value is -4.16. The van der Waals surface area contributed by atoms with Crippen molar-refractivity contribution in [2.45, 2.75) is 46.3 Å². The van der Waals surface area contributed by atoms with Gasteiger partial charge in [-0.15, -0.1) is 0 Å². The van der Waals surface area contributed by atoms with E-state index in [-0.39, 0.29) is 34.6 Å². The van der Waals surface area contributed by atoms with Crippen molar-refractivity contribution in [2.24, 2.45) is 4.99 Å². The van der Waals surface area contributed by atoms with E-state index in [0.29, 0.717) is 43.2 Å². The fourth-order valence-electron chi connectivity index (χ4n) is 5.03. The van der Waals surface area contributed by atoms with Crippen LogP contribution in [0.25, 0.3) is 6.08 Å². The number of hydrogen-bond donors (Lipinski definition) is 0. The van der Waals surface area contributed by atoms with E-state index < -0.39 is 12.0 Å². The van der Waals surface area contributed by atoms with Gasteiger partial charge in [0, 0.05) is 5.56 Å². The van der Waals surface area contributed by atoms with E-state index in [1.54, 1.807) is 54.8 Å². The SMILES string of the molecule is CCOC(=O)C1=C(C)N=c2s/c(=C\c3cc(Cl)c(OCc4ccccc4C#N)c(Cl)c3)c(=O)n2[C@@H]1c1ccc(C(C)C)cc1. The van der Waals surface area contributed by atoms with Gasteiger partial charge in [0.25, 0.3) is 5.56 Å². The molecule has 0 fully saturated rings. The Labute approximate surface area is 268 Å². The van der Waals surface area contributed by atoms with Gasteiger partial charge in [-0.1, -0.05) is 90.9 Å². The predicted molar refractivity (Wildman–Crippen MR) is 173 cm³/mol. The lowest BCUT2D eigenvalue weighted by atomic mass is 9.93. The van der Waals surface area contributed by atoms with Crippen LogP contribution in [0, 0.1) is 11.3 Å². The Morgan fingerprint density at radius 1 is 1.14 bits per heavy atom. The van der Waals surface area contributed by atoms with Crippen molar-refractivity contribution in [3.05, 3.63) is 129 Å². The molecule has 0 bridgehead atoms. The summed E-state index contributed by atoms with van der Waals surface area (Å²) in [7, 11) is 0. The van der Waals surface area contributed by atoms with Gasteiger partial charge in [0.05, 0.1) is 50.1 Å². The van der Waals surface area contributed by atoms with Gasteiger partial charge < -0.3 is 9.47 Å². The molecular weight excluding hydrogens is 617 g/mol. The molecule has 2 heterocycles. The summed E-state index contributed by atoms with van der Waals surface area (Å²) in [6.45, 7) is 8.03. The van der Waals surface area contributed by atoms with Gasteiger partial charge in [0.1, 0.15) is 6.61 Å². The molecule has 224 valence electrons. The van der Waals surface area contributed by atoms with Crippen molar-refractivity contribution in [2.75, 3.05) is 6.61 Å². The number of benzene rings is 3. The number of halogens is 2. The molecule has 4 aromatic rings. The van der Waals surface area contributed by atoms with E-state index in [2.05, 4.69) is 24.9 Å². The predicted octanol–water partition coefficient (Wildman–Crippen LogP) is 6.68. The van der Waals surface area contributed by atoms with Crippen molar-refractivity contribution in [3.8, 4) is 11.8 Å². The zero-order valence-corrected chi connectivity index (χ0v) is 26.9. The van der Waals surface area contributed by atoms with Gasteiger partial charge in [-0.05, 0) is 60.7 Å². The number of allylic oxidation sites excluding steroid dienone is 1. The second-order valence-electron chi connectivity index (χ2n) is 10.5. The quantitative estimate of drug-likeness (QED) is 0.199. The average Bonchev–Trinajstić information content (AvgIpc) is 3.30. The maximum Gasteiger partial charge on any atom is 0.338 e. The van der Waals surface area contributed by atoms with Crippen molar-refractivity contribution >= 4 is 46.6 Å². The summed E-state index contributed by atoms with van der Waals surface area (Å²) < 4.78 is 13.2. The number of thiazole rings is 1. The molecule has 44 heavy (non-hydrogen) atoms. The highest BCUT2D eigenvalue weighted by atomic mass is 35.5. The molecule has 1 aliphatic heterocycles. The third-order valence-corrected chi connectivity index (χ3v) is 8.81. The minimum atomic E-state index is -0.701. The minimum absolute atomic E-state index is 0.113. The van der Waals surface area contributed by atoms with Crippen LogP contribution in [0.1, 0.15) is 67.5 Å². The van der Waals surface area contributed by atoms with Crippen LogP contribution in [-0.4, -0.2) is 17.1 Å². The molecule has 0 amide bonds. The second kappa shape index (κ2) is 13.2. The molecule has 0 aliphatic carbocycles. The second-order valence-corrected chi connectivity index (χ2v) is 12.3. The first-order valence-corrected chi connectivity index (χ1v) is 15.6. The van der Waals surface area contributed by atoms with Crippen molar-refractivity contribution in [1.29, 1.82) is 5.26 Å². The van der Waals surface area contributed by atoms with Crippen LogP contribution in [-0.2, 0) is 16.1 Å². The molecule has 0 saturated carbocycles. The zero-order valence-electron chi connectivity index (χ0n) is 24.6. The first-order valence-electron chi connectivity index (χ1n) is 14.0. The molecule has 10 heteroatoms. The summed E-state index contributed by atoms with van der Waals surface area (Å²) in [5.41, 5.74) is 4.25. The molecule has 7 nitrogen and oxygen atoms in total. The summed E-state index contributed by atoms with van der Waals surface area (Å²) in [4.78, 5) is 32.2. The molecule has 1 aromatic heterocycles. The largest absolute Gasteiger partial charge is 0.486 e. The molecule has 1 aliphatic rings. The van der Waals surface area contributed by atoms with Crippen LogP contribution in [0.15, 0.2) is 81.7 Å². The monoisotopic (exact) mass is 645 g/mol. The van der Waals surface area contributed by atoms with Crippen molar-refractivity contribution < 1.29 is 14.3 Å². The first kappa shape index (κ1) is 31.3. The lowest BCUT2D eigenvalue weighted by Crippen LogP contribution is -2.39. The van der Waals surface area contributed by atoms with Crippen LogP contribution in [0.3, 0.4) is 0 Å². The molecular formula is C34H29Cl2N3O4S. The topological polar surface area (TPSA) is 93.7 Å². The van der Waals surface area contributed by atoms with E-state index in [9.17, 15) is 14.9 Å². The summed E-state index contributed by atoms with van der Waals surface area (Å²) in [5, 5.41) is 9.87. The molecule has 0 spiro atoms. The van der Waals surface area contributed by atoms with Crippen LogP contribution in [0.2, 0.25) is 10.0 Å². The van der Waals surface area contributed by atoms with Crippen LogP contribution < -0.4 is 19.6 Å². The van der Waals surface area contributed by atoms with Gasteiger partial charge in [-0.3, -0.25) is 9.36 Å². The maximum absolute atomic E-state index is 14.0. The fraction of sp³-hybridized carbons (Fsp3) is 0.235. The summed E-state index contributed by atoms with van der Waals surface area (Å²) >= 11 is 14.4. The Bertz CT molecular complexity index is 1980. The van der Waals surface area contributed by atoms with Gasteiger partial charge in [0.2, 0.25) is 0 Å². The van der Waals surface area contributed by atoms with Crippen LogP contribution >= 0.6 is 34.5 Å². The van der Waals surface area contributed by atoms with Gasteiger partial charge >= 0.3 is 5.97 Å². The third kappa shape index (κ3) is 6.22. The molecule has 0 radical (unpaired) electrons. The Morgan fingerprint density at radius 3 is 2.45 bits per heavy atom. The average molecular weight is 647 g/mol. The van der Waals surface area contributed by atoms with Crippen molar-refractivity contribution in [1.82, 2.24) is 4.57 Å². The van der Waals surface area contributed by atoms with Crippen LogP contribution in [0.4, 0.5) is 0 Å². The van der Waals surface area contributed by atoms with Gasteiger partial charge in [-0.2, -0.15) is 5.26 Å². The van der Waals surface area contributed by atoms with E-state index in [0.717, 1.165) is 11.1 Å². The standard InChI is InChI=1S/C34H29Cl2N3O4S/c1-5-42-33(41)29-20(4)38-34-39(30(29)23-12-10-22(11-13-23)19(2)3)32(40)28(44-34)16-21-14-26(35)31(27(36)15-21)43-18-25-9-7-6-8-24(25)17-37/h6-16,19,30H,5,18H2,1-4H3/b28-16-/t30-/m1/s1. The molecule has 0 N–H and O–H groups in total. The number of nitrogens with zero attached hydrogens (tertiary/aromatic N) is 3. The lowest BCUT2D eigenvalue weighted by Gasteiger charge is -2.25. The third-order valence-electron chi connectivity index (χ3n) is 7.26.